The number of pyridine rings is 1. The van der Waals surface area contributed by atoms with Crippen molar-refractivity contribution in [2.45, 2.75) is 0 Å². The van der Waals surface area contributed by atoms with Crippen LogP contribution in [0.15, 0.2) is 60.8 Å². The summed E-state index contributed by atoms with van der Waals surface area (Å²) in [5, 5.41) is 2.99. The second-order valence-electron chi connectivity index (χ2n) is 4.83. The predicted octanol–water partition coefficient (Wildman–Crippen LogP) is 3.43. The minimum Gasteiger partial charge on any atom is -0.383 e. The molecular formula is C17H12N4. The lowest BCUT2D eigenvalue weighted by Crippen LogP contribution is -1.99. The molecule has 0 aliphatic carbocycles. The number of aromatic nitrogens is 3. The molecule has 0 unspecified atom stereocenters. The fourth-order valence-electron chi connectivity index (χ4n) is 2.50. The standard InChI is InChI=1S/C17H12N4/c18-16-13-7-3-4-8-14(13)20-17(21-16)15-12-6-2-1-5-11(12)9-10-19-15/h1-10H,(H2,18,20,21). The van der Waals surface area contributed by atoms with Crippen molar-refractivity contribution in [1.82, 2.24) is 15.0 Å². The summed E-state index contributed by atoms with van der Waals surface area (Å²) in [5.74, 6) is 1.04. The Kier molecular flexibility index (Phi) is 2.54. The molecule has 0 aliphatic heterocycles. The van der Waals surface area contributed by atoms with E-state index in [0.29, 0.717) is 11.6 Å². The molecule has 100 valence electrons. The van der Waals surface area contributed by atoms with Crippen molar-refractivity contribution in [1.29, 1.82) is 0 Å². The predicted molar refractivity (Wildman–Crippen MR) is 84.7 cm³/mol. The third-order valence-corrected chi connectivity index (χ3v) is 3.52. The second-order valence-corrected chi connectivity index (χ2v) is 4.83. The van der Waals surface area contributed by atoms with E-state index in [-0.39, 0.29) is 0 Å². The zero-order valence-corrected chi connectivity index (χ0v) is 11.2. The Bertz CT molecular complexity index is 958. The summed E-state index contributed by atoms with van der Waals surface area (Å²) in [6, 6.07) is 17.8. The average Bonchev–Trinajstić information content (AvgIpc) is 2.54. The monoisotopic (exact) mass is 272 g/mol. The van der Waals surface area contributed by atoms with E-state index >= 15 is 0 Å². The molecule has 0 saturated heterocycles. The molecule has 2 heterocycles. The first-order valence-electron chi connectivity index (χ1n) is 6.69. The fourth-order valence-corrected chi connectivity index (χ4v) is 2.50. The van der Waals surface area contributed by atoms with E-state index in [9.17, 15) is 0 Å². The molecule has 2 aromatic heterocycles. The molecule has 2 N–H and O–H groups in total. The van der Waals surface area contributed by atoms with Gasteiger partial charge in [0.2, 0.25) is 0 Å². The minimum absolute atomic E-state index is 0.477. The summed E-state index contributed by atoms with van der Waals surface area (Å²) >= 11 is 0. The molecule has 0 radical (unpaired) electrons. The average molecular weight is 272 g/mol. The number of nitrogens with two attached hydrogens (primary N) is 1. The summed E-state index contributed by atoms with van der Waals surface area (Å²) in [6.45, 7) is 0. The van der Waals surface area contributed by atoms with Gasteiger partial charge in [-0.1, -0.05) is 36.4 Å². The van der Waals surface area contributed by atoms with Crippen LogP contribution in [0.1, 0.15) is 0 Å². The molecule has 0 spiro atoms. The molecule has 2 aromatic carbocycles. The van der Waals surface area contributed by atoms with Crippen molar-refractivity contribution in [3.63, 3.8) is 0 Å². The Morgan fingerprint density at radius 2 is 1.52 bits per heavy atom. The fraction of sp³-hybridized carbons (Fsp3) is 0. The Balaban J connectivity index is 2.05. The maximum Gasteiger partial charge on any atom is 0.181 e. The topological polar surface area (TPSA) is 64.7 Å². The summed E-state index contributed by atoms with van der Waals surface area (Å²) in [4.78, 5) is 13.5. The van der Waals surface area contributed by atoms with Crippen LogP contribution in [0, 0.1) is 0 Å². The van der Waals surface area contributed by atoms with E-state index in [2.05, 4.69) is 15.0 Å². The van der Waals surface area contributed by atoms with Gasteiger partial charge in [-0.15, -0.1) is 0 Å². The zero-order valence-electron chi connectivity index (χ0n) is 11.2. The Labute approximate surface area is 121 Å². The first-order valence-corrected chi connectivity index (χ1v) is 6.69. The first-order chi connectivity index (χ1) is 10.3. The van der Waals surface area contributed by atoms with E-state index in [0.717, 1.165) is 27.4 Å². The van der Waals surface area contributed by atoms with Gasteiger partial charge in [0.1, 0.15) is 11.5 Å². The third kappa shape index (κ3) is 1.89. The van der Waals surface area contributed by atoms with Crippen molar-refractivity contribution in [2.75, 3.05) is 5.73 Å². The highest BCUT2D eigenvalue weighted by molar-refractivity contribution is 5.95. The number of anilines is 1. The summed E-state index contributed by atoms with van der Waals surface area (Å²) in [5.41, 5.74) is 7.64. The van der Waals surface area contributed by atoms with Crippen LogP contribution in [-0.2, 0) is 0 Å². The highest BCUT2D eigenvalue weighted by Gasteiger charge is 2.11. The van der Waals surface area contributed by atoms with Crippen molar-refractivity contribution in [2.24, 2.45) is 0 Å². The van der Waals surface area contributed by atoms with E-state index in [1.54, 1.807) is 6.20 Å². The lowest BCUT2D eigenvalue weighted by atomic mass is 10.1. The van der Waals surface area contributed by atoms with Gasteiger partial charge >= 0.3 is 0 Å². The molecule has 4 nitrogen and oxygen atoms in total. The number of para-hydroxylation sites is 1. The van der Waals surface area contributed by atoms with Gasteiger partial charge < -0.3 is 5.73 Å². The largest absolute Gasteiger partial charge is 0.383 e. The molecule has 0 bridgehead atoms. The Morgan fingerprint density at radius 3 is 2.43 bits per heavy atom. The lowest BCUT2D eigenvalue weighted by molar-refractivity contribution is 1.19. The molecular weight excluding hydrogens is 260 g/mol. The Hall–Kier alpha value is -3.01. The van der Waals surface area contributed by atoms with Crippen molar-refractivity contribution < 1.29 is 0 Å². The zero-order chi connectivity index (χ0) is 14.2. The van der Waals surface area contributed by atoms with Gasteiger partial charge in [0.05, 0.1) is 5.52 Å². The van der Waals surface area contributed by atoms with E-state index < -0.39 is 0 Å². The molecule has 4 rings (SSSR count). The number of fused-ring (bicyclic) bond motifs is 2. The quantitative estimate of drug-likeness (QED) is 0.576. The van der Waals surface area contributed by atoms with Crippen molar-refractivity contribution in [3.8, 4) is 11.5 Å². The number of hydrogen-bond acceptors (Lipinski definition) is 4. The van der Waals surface area contributed by atoms with Crippen LogP contribution in [0.4, 0.5) is 5.82 Å². The minimum atomic E-state index is 0.477. The maximum atomic E-state index is 6.06. The van der Waals surface area contributed by atoms with Gasteiger partial charge in [-0.25, -0.2) is 9.97 Å². The highest BCUT2D eigenvalue weighted by atomic mass is 15.0. The number of nitrogen functional groups attached to an aromatic ring is 1. The second kappa shape index (κ2) is 4.52. The van der Waals surface area contributed by atoms with Gasteiger partial charge in [0.25, 0.3) is 0 Å². The van der Waals surface area contributed by atoms with Gasteiger partial charge in [-0.05, 0) is 23.6 Å². The number of hydrogen-bond donors (Lipinski definition) is 1. The van der Waals surface area contributed by atoms with E-state index in [1.165, 1.54) is 0 Å². The highest BCUT2D eigenvalue weighted by Crippen LogP contribution is 2.26. The molecule has 0 fully saturated rings. The van der Waals surface area contributed by atoms with Crippen molar-refractivity contribution in [3.05, 3.63) is 60.8 Å². The van der Waals surface area contributed by atoms with Crippen LogP contribution >= 0.6 is 0 Å². The van der Waals surface area contributed by atoms with Gasteiger partial charge in [0.15, 0.2) is 5.82 Å². The summed E-state index contributed by atoms with van der Waals surface area (Å²) in [7, 11) is 0. The molecule has 0 aliphatic rings. The molecule has 21 heavy (non-hydrogen) atoms. The van der Waals surface area contributed by atoms with Gasteiger partial charge in [-0.3, -0.25) is 4.98 Å². The number of nitrogens with zero attached hydrogens (tertiary/aromatic N) is 3. The molecule has 0 saturated carbocycles. The van der Waals surface area contributed by atoms with Gasteiger partial charge in [0, 0.05) is 17.0 Å². The number of rotatable bonds is 1. The van der Waals surface area contributed by atoms with Gasteiger partial charge in [-0.2, -0.15) is 0 Å². The molecule has 0 atom stereocenters. The maximum absolute atomic E-state index is 6.06. The van der Waals surface area contributed by atoms with Crippen LogP contribution in [0.2, 0.25) is 0 Å². The molecule has 4 heteroatoms. The van der Waals surface area contributed by atoms with E-state index in [4.69, 9.17) is 5.73 Å². The van der Waals surface area contributed by atoms with Crippen LogP contribution in [-0.4, -0.2) is 15.0 Å². The summed E-state index contributed by atoms with van der Waals surface area (Å²) < 4.78 is 0. The Morgan fingerprint density at radius 1 is 0.762 bits per heavy atom. The normalized spacial score (nSPS) is 11.0. The van der Waals surface area contributed by atoms with Crippen LogP contribution in [0.25, 0.3) is 33.2 Å². The SMILES string of the molecule is Nc1nc(-c2nccc3ccccc23)nc2ccccc12. The van der Waals surface area contributed by atoms with E-state index in [1.807, 2.05) is 54.6 Å². The number of benzene rings is 2. The first kappa shape index (κ1) is 11.8. The smallest absolute Gasteiger partial charge is 0.181 e. The lowest BCUT2D eigenvalue weighted by Gasteiger charge is -2.07. The van der Waals surface area contributed by atoms with Crippen molar-refractivity contribution >= 4 is 27.5 Å². The third-order valence-electron chi connectivity index (χ3n) is 3.52. The molecule has 0 amide bonds. The van der Waals surface area contributed by atoms with Crippen LogP contribution in [0.5, 0.6) is 0 Å². The molecule has 4 aromatic rings. The van der Waals surface area contributed by atoms with Crippen LogP contribution in [0.3, 0.4) is 0 Å². The van der Waals surface area contributed by atoms with Crippen LogP contribution < -0.4 is 5.73 Å². The summed E-state index contributed by atoms with van der Waals surface area (Å²) in [6.07, 6.45) is 1.77.